The number of carbonyl (C=O) groups excluding carboxylic acids is 1. The van der Waals surface area contributed by atoms with Gasteiger partial charge in [-0.25, -0.2) is 4.98 Å². The lowest BCUT2D eigenvalue weighted by Gasteiger charge is -2.34. The van der Waals surface area contributed by atoms with Crippen LogP contribution in [0.2, 0.25) is 10.0 Å². The molecule has 0 radical (unpaired) electrons. The minimum Gasteiger partial charge on any atom is -0.356 e. The van der Waals surface area contributed by atoms with Crippen LogP contribution < -0.4 is 4.90 Å². The van der Waals surface area contributed by atoms with Crippen LogP contribution in [0.15, 0.2) is 54.7 Å². The number of ketones is 1. The third-order valence-electron chi connectivity index (χ3n) is 5.38. The summed E-state index contributed by atoms with van der Waals surface area (Å²) in [6.45, 7) is 3.58. The number of halogens is 2. The van der Waals surface area contributed by atoms with E-state index in [0.717, 1.165) is 31.7 Å². The number of benzene rings is 1. The fraction of sp³-hybridized carbons (Fsp3) is 0.261. The SMILES string of the molecule is Cc1ncccc1C(=O)c1cccc(N2CCCC(c3ccc(Cl)c(Cl)c3)C2)n1.[HH]. The zero-order valence-electron chi connectivity index (χ0n) is 16.1. The predicted octanol–water partition coefficient (Wildman–Crippen LogP) is 5.95. The number of nitrogens with zero attached hydrogens (tertiary/aromatic N) is 3. The molecule has 6 heteroatoms. The van der Waals surface area contributed by atoms with Crippen LogP contribution in [-0.4, -0.2) is 28.8 Å². The average molecular weight is 428 g/mol. The number of hydrogen-bond acceptors (Lipinski definition) is 4. The van der Waals surface area contributed by atoms with Crippen LogP contribution in [0.5, 0.6) is 0 Å². The van der Waals surface area contributed by atoms with Gasteiger partial charge in [0.25, 0.3) is 0 Å². The molecule has 1 aliphatic heterocycles. The number of anilines is 1. The van der Waals surface area contributed by atoms with E-state index >= 15 is 0 Å². The second kappa shape index (κ2) is 8.52. The molecule has 4 rings (SSSR count). The average Bonchev–Trinajstić information content (AvgIpc) is 2.76. The number of piperidine rings is 1. The molecule has 3 aromatic rings. The molecule has 1 atom stereocenters. The predicted molar refractivity (Wildman–Crippen MR) is 119 cm³/mol. The Bertz CT molecular complexity index is 1060. The van der Waals surface area contributed by atoms with Gasteiger partial charge in [0, 0.05) is 37.9 Å². The van der Waals surface area contributed by atoms with E-state index in [1.807, 2.05) is 37.3 Å². The largest absolute Gasteiger partial charge is 0.356 e. The van der Waals surface area contributed by atoms with Gasteiger partial charge in [-0.3, -0.25) is 9.78 Å². The first kappa shape index (κ1) is 19.9. The Labute approximate surface area is 182 Å². The van der Waals surface area contributed by atoms with Crippen LogP contribution in [-0.2, 0) is 0 Å². The summed E-state index contributed by atoms with van der Waals surface area (Å²) in [6.07, 6.45) is 3.82. The van der Waals surface area contributed by atoms with Gasteiger partial charge in [-0.05, 0) is 61.7 Å². The first-order chi connectivity index (χ1) is 14.0. The highest BCUT2D eigenvalue weighted by atomic mass is 35.5. The molecule has 0 spiro atoms. The van der Waals surface area contributed by atoms with Crippen molar-refractivity contribution in [2.24, 2.45) is 0 Å². The van der Waals surface area contributed by atoms with E-state index in [4.69, 9.17) is 23.2 Å². The van der Waals surface area contributed by atoms with Crippen molar-refractivity contribution < 1.29 is 6.22 Å². The van der Waals surface area contributed by atoms with Gasteiger partial charge in [-0.15, -0.1) is 0 Å². The molecular formula is C23H23Cl2N3O. The monoisotopic (exact) mass is 427 g/mol. The smallest absolute Gasteiger partial charge is 0.213 e. The Morgan fingerprint density at radius 1 is 1.14 bits per heavy atom. The molecule has 1 aliphatic rings. The molecule has 0 saturated carbocycles. The summed E-state index contributed by atoms with van der Waals surface area (Å²) in [6, 6.07) is 15.0. The molecule has 3 heterocycles. The maximum Gasteiger partial charge on any atom is 0.213 e. The zero-order valence-corrected chi connectivity index (χ0v) is 17.6. The fourth-order valence-electron chi connectivity index (χ4n) is 3.81. The summed E-state index contributed by atoms with van der Waals surface area (Å²) in [5, 5.41) is 1.15. The molecule has 150 valence electrons. The summed E-state index contributed by atoms with van der Waals surface area (Å²) >= 11 is 12.3. The highest BCUT2D eigenvalue weighted by Crippen LogP contribution is 2.33. The van der Waals surface area contributed by atoms with Crippen LogP contribution >= 0.6 is 23.2 Å². The van der Waals surface area contributed by atoms with E-state index < -0.39 is 0 Å². The molecule has 1 fully saturated rings. The van der Waals surface area contributed by atoms with Gasteiger partial charge in [-0.1, -0.05) is 35.3 Å². The molecule has 0 bridgehead atoms. The highest BCUT2D eigenvalue weighted by molar-refractivity contribution is 6.42. The molecule has 1 saturated heterocycles. The number of rotatable bonds is 4. The Balaban J connectivity index is 0.00000256. The summed E-state index contributed by atoms with van der Waals surface area (Å²) in [5.41, 5.74) is 2.92. The second-order valence-corrected chi connectivity index (χ2v) is 8.12. The molecule has 0 amide bonds. The summed E-state index contributed by atoms with van der Waals surface area (Å²) in [4.78, 5) is 24.0. The normalized spacial score (nSPS) is 16.7. The van der Waals surface area contributed by atoms with Crippen LogP contribution in [0.25, 0.3) is 0 Å². The van der Waals surface area contributed by atoms with E-state index in [-0.39, 0.29) is 7.21 Å². The quantitative estimate of drug-likeness (QED) is 0.482. The Kier molecular flexibility index (Phi) is 5.84. The highest BCUT2D eigenvalue weighted by Gasteiger charge is 2.24. The third-order valence-corrected chi connectivity index (χ3v) is 6.12. The van der Waals surface area contributed by atoms with Gasteiger partial charge in [0.1, 0.15) is 11.5 Å². The van der Waals surface area contributed by atoms with Crippen molar-refractivity contribution in [3.8, 4) is 0 Å². The van der Waals surface area contributed by atoms with Crippen molar-refractivity contribution in [3.05, 3.63) is 87.3 Å². The van der Waals surface area contributed by atoms with Crippen molar-refractivity contribution in [2.45, 2.75) is 25.7 Å². The molecule has 0 aliphatic carbocycles. The van der Waals surface area contributed by atoms with Crippen molar-refractivity contribution in [1.82, 2.24) is 9.97 Å². The molecule has 1 unspecified atom stereocenters. The van der Waals surface area contributed by atoms with E-state index in [1.165, 1.54) is 5.56 Å². The van der Waals surface area contributed by atoms with Crippen molar-refractivity contribution in [1.29, 1.82) is 0 Å². The maximum atomic E-state index is 12.9. The lowest BCUT2D eigenvalue weighted by atomic mass is 9.90. The van der Waals surface area contributed by atoms with Gasteiger partial charge in [-0.2, -0.15) is 0 Å². The van der Waals surface area contributed by atoms with Crippen LogP contribution in [0.1, 0.15) is 47.5 Å². The Morgan fingerprint density at radius 3 is 2.79 bits per heavy atom. The second-order valence-electron chi connectivity index (χ2n) is 7.31. The van der Waals surface area contributed by atoms with E-state index in [1.54, 1.807) is 24.4 Å². The van der Waals surface area contributed by atoms with E-state index in [0.29, 0.717) is 32.9 Å². The Morgan fingerprint density at radius 2 is 2.00 bits per heavy atom. The Hall–Kier alpha value is -2.43. The fourth-order valence-corrected chi connectivity index (χ4v) is 4.12. The van der Waals surface area contributed by atoms with Crippen molar-refractivity contribution in [2.75, 3.05) is 18.0 Å². The first-order valence-corrected chi connectivity index (χ1v) is 10.4. The lowest BCUT2D eigenvalue weighted by Crippen LogP contribution is -2.35. The third kappa shape index (κ3) is 4.29. The molecule has 4 nitrogen and oxygen atoms in total. The van der Waals surface area contributed by atoms with Gasteiger partial charge in [0.15, 0.2) is 0 Å². The molecular weight excluding hydrogens is 405 g/mol. The maximum absolute atomic E-state index is 12.9. The molecule has 0 N–H and O–H groups in total. The number of hydrogen-bond donors (Lipinski definition) is 0. The van der Waals surface area contributed by atoms with Crippen LogP contribution in [0.4, 0.5) is 5.82 Å². The van der Waals surface area contributed by atoms with E-state index in [9.17, 15) is 4.79 Å². The lowest BCUT2D eigenvalue weighted by molar-refractivity contribution is 0.103. The van der Waals surface area contributed by atoms with Crippen LogP contribution in [0.3, 0.4) is 0 Å². The summed E-state index contributed by atoms with van der Waals surface area (Å²) in [7, 11) is 0. The minimum atomic E-state index is -0.101. The molecule has 2 aromatic heterocycles. The first-order valence-electron chi connectivity index (χ1n) is 9.66. The minimum absolute atomic E-state index is 0. The van der Waals surface area contributed by atoms with E-state index in [2.05, 4.69) is 14.9 Å². The number of aryl methyl sites for hydroxylation is 1. The van der Waals surface area contributed by atoms with Gasteiger partial charge < -0.3 is 4.90 Å². The molecule has 29 heavy (non-hydrogen) atoms. The molecule has 1 aromatic carbocycles. The van der Waals surface area contributed by atoms with Gasteiger partial charge >= 0.3 is 0 Å². The van der Waals surface area contributed by atoms with Crippen molar-refractivity contribution in [3.63, 3.8) is 0 Å². The zero-order chi connectivity index (χ0) is 20.4. The number of aromatic nitrogens is 2. The summed E-state index contributed by atoms with van der Waals surface area (Å²) < 4.78 is 0. The van der Waals surface area contributed by atoms with Crippen LogP contribution in [0, 0.1) is 6.92 Å². The topological polar surface area (TPSA) is 46.1 Å². The van der Waals surface area contributed by atoms with Gasteiger partial charge in [0.2, 0.25) is 5.78 Å². The number of pyridine rings is 2. The van der Waals surface area contributed by atoms with Gasteiger partial charge in [0.05, 0.1) is 10.0 Å². The standard InChI is InChI=1S/C23H21Cl2N3O.H2/c1-15-18(6-3-11-26-15)23(29)21-7-2-8-22(27-21)28-12-4-5-17(14-28)16-9-10-19(24)20(25)13-16;/h2-3,6-11,13,17H,4-5,12,14H2,1H3;1H. The summed E-state index contributed by atoms with van der Waals surface area (Å²) in [5.74, 6) is 1.07. The number of carbonyl (C=O) groups is 1. The van der Waals surface area contributed by atoms with Crippen molar-refractivity contribution >= 4 is 34.8 Å².